The highest BCUT2D eigenvalue weighted by molar-refractivity contribution is 5.96. The summed E-state index contributed by atoms with van der Waals surface area (Å²) in [6.07, 6.45) is 3.39. The molecule has 2 aromatic heterocycles. The molecule has 0 unspecified atom stereocenters. The van der Waals surface area contributed by atoms with E-state index in [9.17, 15) is 9.59 Å². The van der Waals surface area contributed by atoms with E-state index in [0.29, 0.717) is 11.9 Å². The Kier molecular flexibility index (Phi) is 3.27. The van der Waals surface area contributed by atoms with Crippen LogP contribution in [-0.2, 0) is 6.54 Å². The van der Waals surface area contributed by atoms with Crippen LogP contribution in [0.25, 0.3) is 10.8 Å². The number of H-pyrrole nitrogens is 2. The van der Waals surface area contributed by atoms with Crippen LogP contribution in [0.4, 0.5) is 0 Å². The van der Waals surface area contributed by atoms with Gasteiger partial charge in [-0.25, -0.2) is 0 Å². The second-order valence-electron chi connectivity index (χ2n) is 4.87. The highest BCUT2D eigenvalue weighted by Crippen LogP contribution is 2.12. The summed E-state index contributed by atoms with van der Waals surface area (Å²) in [7, 11) is 1.68. The molecule has 2 heterocycles. The average molecular weight is 282 g/mol. The van der Waals surface area contributed by atoms with Gasteiger partial charge in [0.05, 0.1) is 6.20 Å². The standard InChI is InChI=1S/C15H14N4O2/c1-19(9-10-7-16-17-8-10)15(21)13-6-11-4-2-3-5-12(11)14(20)18-13/h2-8H,9H2,1H3,(H,16,17)(H,18,20). The molecule has 3 rings (SSSR count). The molecule has 0 fully saturated rings. The molecule has 1 aromatic carbocycles. The van der Waals surface area contributed by atoms with Gasteiger partial charge in [-0.2, -0.15) is 5.10 Å². The number of rotatable bonds is 3. The first-order chi connectivity index (χ1) is 10.1. The lowest BCUT2D eigenvalue weighted by Gasteiger charge is -2.16. The van der Waals surface area contributed by atoms with Gasteiger partial charge >= 0.3 is 0 Å². The number of fused-ring (bicyclic) bond motifs is 1. The third-order valence-corrected chi connectivity index (χ3v) is 3.31. The van der Waals surface area contributed by atoms with Crippen molar-refractivity contribution in [2.75, 3.05) is 7.05 Å². The summed E-state index contributed by atoms with van der Waals surface area (Å²) in [5.41, 5.74) is 0.923. The molecule has 0 aliphatic heterocycles. The molecular formula is C15H14N4O2. The highest BCUT2D eigenvalue weighted by Gasteiger charge is 2.14. The van der Waals surface area contributed by atoms with E-state index in [0.717, 1.165) is 10.9 Å². The largest absolute Gasteiger partial charge is 0.336 e. The van der Waals surface area contributed by atoms with Crippen LogP contribution in [-0.4, -0.2) is 33.0 Å². The molecule has 3 aromatic rings. The van der Waals surface area contributed by atoms with Gasteiger partial charge in [-0.1, -0.05) is 18.2 Å². The van der Waals surface area contributed by atoms with Gasteiger partial charge in [0.1, 0.15) is 5.69 Å². The van der Waals surface area contributed by atoms with Crippen molar-refractivity contribution in [3.63, 3.8) is 0 Å². The van der Waals surface area contributed by atoms with Crippen LogP contribution in [0.3, 0.4) is 0 Å². The minimum absolute atomic E-state index is 0.237. The Morgan fingerprint density at radius 3 is 2.90 bits per heavy atom. The number of amides is 1. The number of nitrogens with zero attached hydrogens (tertiary/aromatic N) is 2. The Labute approximate surface area is 120 Å². The van der Waals surface area contributed by atoms with Crippen LogP contribution in [0.1, 0.15) is 16.1 Å². The zero-order valence-corrected chi connectivity index (χ0v) is 11.5. The second-order valence-corrected chi connectivity index (χ2v) is 4.87. The zero-order valence-electron chi connectivity index (χ0n) is 11.5. The maximum absolute atomic E-state index is 12.4. The van der Waals surface area contributed by atoms with Gasteiger partial charge in [0.25, 0.3) is 11.5 Å². The maximum Gasteiger partial charge on any atom is 0.270 e. The Hall–Kier alpha value is -2.89. The number of aromatic amines is 2. The number of aromatic nitrogens is 3. The normalized spacial score (nSPS) is 10.7. The molecule has 6 heteroatoms. The summed E-state index contributed by atoms with van der Waals surface area (Å²) < 4.78 is 0. The van der Waals surface area contributed by atoms with Gasteiger partial charge in [-0.05, 0) is 17.5 Å². The van der Waals surface area contributed by atoms with Crippen molar-refractivity contribution < 1.29 is 4.79 Å². The van der Waals surface area contributed by atoms with Crippen LogP contribution >= 0.6 is 0 Å². The fraction of sp³-hybridized carbons (Fsp3) is 0.133. The van der Waals surface area contributed by atoms with Crippen LogP contribution in [0.5, 0.6) is 0 Å². The highest BCUT2D eigenvalue weighted by atomic mass is 16.2. The van der Waals surface area contributed by atoms with E-state index >= 15 is 0 Å². The molecular weight excluding hydrogens is 268 g/mol. The maximum atomic E-state index is 12.4. The molecule has 0 saturated heterocycles. The lowest BCUT2D eigenvalue weighted by molar-refractivity contribution is 0.0779. The van der Waals surface area contributed by atoms with Crippen LogP contribution < -0.4 is 5.56 Å². The second kappa shape index (κ2) is 5.24. The summed E-state index contributed by atoms with van der Waals surface area (Å²) in [6, 6.07) is 8.88. The van der Waals surface area contributed by atoms with Crippen LogP contribution in [0.2, 0.25) is 0 Å². The Morgan fingerprint density at radius 1 is 1.33 bits per heavy atom. The fourth-order valence-electron chi connectivity index (χ4n) is 2.24. The fourth-order valence-corrected chi connectivity index (χ4v) is 2.24. The summed E-state index contributed by atoms with van der Waals surface area (Å²) >= 11 is 0. The first kappa shape index (κ1) is 13.1. The van der Waals surface area contributed by atoms with Crippen molar-refractivity contribution >= 4 is 16.7 Å². The van der Waals surface area contributed by atoms with Gasteiger partial charge < -0.3 is 9.88 Å². The van der Waals surface area contributed by atoms with E-state index in [1.807, 2.05) is 12.1 Å². The third kappa shape index (κ3) is 2.55. The number of pyridine rings is 1. The molecule has 0 saturated carbocycles. The predicted octanol–water partition coefficient (Wildman–Crippen LogP) is 1.52. The summed E-state index contributed by atoms with van der Waals surface area (Å²) in [5, 5.41) is 7.87. The van der Waals surface area contributed by atoms with E-state index in [1.54, 1.807) is 37.6 Å². The van der Waals surface area contributed by atoms with Gasteiger partial charge in [-0.3, -0.25) is 14.7 Å². The monoisotopic (exact) mass is 282 g/mol. The number of hydrogen-bond acceptors (Lipinski definition) is 3. The van der Waals surface area contributed by atoms with Crippen molar-refractivity contribution in [3.05, 3.63) is 64.3 Å². The minimum atomic E-state index is -0.256. The van der Waals surface area contributed by atoms with E-state index in [2.05, 4.69) is 15.2 Å². The van der Waals surface area contributed by atoms with E-state index in [4.69, 9.17) is 0 Å². The third-order valence-electron chi connectivity index (χ3n) is 3.31. The molecule has 0 aliphatic carbocycles. The molecule has 6 nitrogen and oxygen atoms in total. The van der Waals surface area contributed by atoms with Crippen molar-refractivity contribution in [3.8, 4) is 0 Å². The smallest absolute Gasteiger partial charge is 0.270 e. The SMILES string of the molecule is CN(Cc1cn[nH]c1)C(=O)c1cc2ccccc2c(=O)[nH]1. The lowest BCUT2D eigenvalue weighted by atomic mass is 10.1. The van der Waals surface area contributed by atoms with Crippen molar-refractivity contribution in [1.29, 1.82) is 0 Å². The number of hydrogen-bond donors (Lipinski definition) is 2. The molecule has 106 valence electrons. The number of nitrogens with one attached hydrogen (secondary N) is 2. The van der Waals surface area contributed by atoms with Crippen molar-refractivity contribution in [1.82, 2.24) is 20.1 Å². The number of carbonyl (C=O) groups excluding carboxylic acids is 1. The number of benzene rings is 1. The first-order valence-electron chi connectivity index (χ1n) is 6.50. The molecule has 0 bridgehead atoms. The summed E-state index contributed by atoms with van der Waals surface area (Å²) in [5.74, 6) is -0.237. The van der Waals surface area contributed by atoms with Crippen LogP contribution in [0, 0.1) is 0 Å². The molecule has 0 aliphatic rings. The molecule has 1 amide bonds. The Morgan fingerprint density at radius 2 is 2.14 bits per heavy atom. The first-order valence-corrected chi connectivity index (χ1v) is 6.50. The van der Waals surface area contributed by atoms with Crippen molar-refractivity contribution in [2.24, 2.45) is 0 Å². The molecule has 2 N–H and O–H groups in total. The van der Waals surface area contributed by atoms with Crippen molar-refractivity contribution in [2.45, 2.75) is 6.54 Å². The van der Waals surface area contributed by atoms with Crippen LogP contribution in [0.15, 0.2) is 47.5 Å². The Balaban J connectivity index is 1.92. The molecule has 21 heavy (non-hydrogen) atoms. The topological polar surface area (TPSA) is 81.8 Å². The van der Waals surface area contributed by atoms with Gasteiger partial charge in [0, 0.05) is 30.7 Å². The quantitative estimate of drug-likeness (QED) is 0.764. The van der Waals surface area contributed by atoms with E-state index < -0.39 is 0 Å². The molecule has 0 radical (unpaired) electrons. The molecule has 0 atom stereocenters. The van der Waals surface area contributed by atoms with Gasteiger partial charge in [0.2, 0.25) is 0 Å². The summed E-state index contributed by atoms with van der Waals surface area (Å²) in [4.78, 5) is 28.6. The average Bonchev–Trinajstić information content (AvgIpc) is 2.99. The lowest BCUT2D eigenvalue weighted by Crippen LogP contribution is -2.28. The summed E-state index contributed by atoms with van der Waals surface area (Å²) in [6.45, 7) is 0.421. The predicted molar refractivity (Wildman–Crippen MR) is 79.0 cm³/mol. The van der Waals surface area contributed by atoms with Gasteiger partial charge in [0.15, 0.2) is 0 Å². The van der Waals surface area contributed by atoms with Gasteiger partial charge in [-0.15, -0.1) is 0 Å². The Bertz CT molecular complexity index is 836. The number of carbonyl (C=O) groups is 1. The van der Waals surface area contributed by atoms with E-state index in [-0.39, 0.29) is 17.2 Å². The van der Waals surface area contributed by atoms with E-state index in [1.165, 1.54) is 4.90 Å². The molecule has 0 spiro atoms. The zero-order chi connectivity index (χ0) is 14.8. The minimum Gasteiger partial charge on any atom is -0.336 e.